The molecular weight excluding hydrogens is 162 g/mol. The fourth-order valence-electron chi connectivity index (χ4n) is 1.21. The predicted molar refractivity (Wildman–Crippen MR) is 56.7 cm³/mol. The molecule has 0 aliphatic carbocycles. The number of carbonyl (C=O) groups is 1. The molecule has 0 aliphatic heterocycles. The fourth-order valence-corrected chi connectivity index (χ4v) is 1.21. The molecule has 0 aromatic carbocycles. The van der Waals surface area contributed by atoms with Crippen LogP contribution in [0.3, 0.4) is 0 Å². The summed E-state index contributed by atoms with van der Waals surface area (Å²) in [7, 11) is 0. The van der Waals surface area contributed by atoms with Crippen LogP contribution >= 0.6 is 0 Å². The standard InChI is InChI=1S/C11H23NO/c1-3-5-7-8-10-12-11(13)9-6-4-2/h3-10H2,1-2H3,(H,12,13). The maximum atomic E-state index is 11.1. The first-order valence-corrected chi connectivity index (χ1v) is 5.58. The van der Waals surface area contributed by atoms with Gasteiger partial charge in [0.15, 0.2) is 0 Å². The van der Waals surface area contributed by atoms with Crippen molar-refractivity contribution in [1.29, 1.82) is 0 Å². The van der Waals surface area contributed by atoms with Crippen molar-refractivity contribution in [3.63, 3.8) is 0 Å². The zero-order chi connectivity index (χ0) is 9.94. The van der Waals surface area contributed by atoms with Gasteiger partial charge in [-0.25, -0.2) is 0 Å². The van der Waals surface area contributed by atoms with Crippen molar-refractivity contribution in [2.45, 2.75) is 58.8 Å². The number of hydrogen-bond donors (Lipinski definition) is 1. The third kappa shape index (κ3) is 9.38. The summed E-state index contributed by atoms with van der Waals surface area (Å²) in [5.41, 5.74) is 0. The largest absolute Gasteiger partial charge is 0.356 e. The summed E-state index contributed by atoms with van der Waals surface area (Å²) in [4.78, 5) is 11.1. The zero-order valence-corrected chi connectivity index (χ0v) is 9.07. The molecular formula is C11H23NO. The molecule has 0 unspecified atom stereocenters. The van der Waals surface area contributed by atoms with Gasteiger partial charge in [-0.2, -0.15) is 0 Å². The average Bonchev–Trinajstić information content (AvgIpc) is 2.14. The topological polar surface area (TPSA) is 29.1 Å². The molecule has 2 heteroatoms. The van der Waals surface area contributed by atoms with E-state index < -0.39 is 0 Å². The normalized spacial score (nSPS) is 10.0. The van der Waals surface area contributed by atoms with E-state index in [4.69, 9.17) is 0 Å². The summed E-state index contributed by atoms with van der Waals surface area (Å²) in [6.45, 7) is 5.16. The van der Waals surface area contributed by atoms with Crippen LogP contribution in [-0.4, -0.2) is 12.5 Å². The van der Waals surface area contributed by atoms with E-state index >= 15 is 0 Å². The Morgan fingerprint density at radius 2 is 1.69 bits per heavy atom. The molecule has 0 saturated heterocycles. The number of nitrogens with one attached hydrogen (secondary N) is 1. The van der Waals surface area contributed by atoms with Crippen LogP contribution in [0.4, 0.5) is 0 Å². The van der Waals surface area contributed by atoms with Gasteiger partial charge in [0.05, 0.1) is 0 Å². The van der Waals surface area contributed by atoms with E-state index in [-0.39, 0.29) is 5.91 Å². The Bertz CT molecular complexity index is 123. The maximum Gasteiger partial charge on any atom is 0.219 e. The molecule has 78 valence electrons. The summed E-state index contributed by atoms with van der Waals surface area (Å²) in [5.74, 6) is 0.221. The minimum atomic E-state index is 0.221. The summed E-state index contributed by atoms with van der Waals surface area (Å²) in [6, 6.07) is 0. The second-order valence-electron chi connectivity index (χ2n) is 3.51. The van der Waals surface area contributed by atoms with Gasteiger partial charge in [0.1, 0.15) is 0 Å². The van der Waals surface area contributed by atoms with Gasteiger partial charge in [-0.3, -0.25) is 4.79 Å². The van der Waals surface area contributed by atoms with E-state index in [0.717, 1.165) is 25.8 Å². The lowest BCUT2D eigenvalue weighted by Gasteiger charge is -2.03. The van der Waals surface area contributed by atoms with Gasteiger partial charge in [-0.1, -0.05) is 39.5 Å². The van der Waals surface area contributed by atoms with E-state index in [1.807, 2.05) is 0 Å². The summed E-state index contributed by atoms with van der Waals surface area (Å²) in [6.07, 6.45) is 7.72. The monoisotopic (exact) mass is 185 g/mol. The highest BCUT2D eigenvalue weighted by Gasteiger charge is 1.97. The van der Waals surface area contributed by atoms with E-state index in [1.54, 1.807) is 0 Å². The molecule has 0 radical (unpaired) electrons. The van der Waals surface area contributed by atoms with Crippen LogP contribution in [0, 0.1) is 0 Å². The van der Waals surface area contributed by atoms with Crippen LogP contribution in [0.25, 0.3) is 0 Å². The number of amides is 1. The molecule has 0 atom stereocenters. The Hall–Kier alpha value is -0.530. The van der Waals surface area contributed by atoms with Gasteiger partial charge in [-0.15, -0.1) is 0 Å². The number of rotatable bonds is 8. The molecule has 2 nitrogen and oxygen atoms in total. The van der Waals surface area contributed by atoms with Crippen molar-refractivity contribution in [3.05, 3.63) is 0 Å². The Morgan fingerprint density at radius 1 is 1.00 bits per heavy atom. The molecule has 0 aromatic rings. The molecule has 0 bridgehead atoms. The van der Waals surface area contributed by atoms with Crippen LogP contribution < -0.4 is 5.32 Å². The third-order valence-corrected chi connectivity index (χ3v) is 2.11. The van der Waals surface area contributed by atoms with Gasteiger partial charge >= 0.3 is 0 Å². The van der Waals surface area contributed by atoms with Gasteiger partial charge in [0, 0.05) is 13.0 Å². The van der Waals surface area contributed by atoms with Crippen molar-refractivity contribution in [1.82, 2.24) is 5.32 Å². The van der Waals surface area contributed by atoms with Gasteiger partial charge < -0.3 is 5.32 Å². The van der Waals surface area contributed by atoms with Crippen molar-refractivity contribution >= 4 is 5.91 Å². The Morgan fingerprint density at radius 3 is 2.31 bits per heavy atom. The van der Waals surface area contributed by atoms with Crippen LogP contribution in [0.15, 0.2) is 0 Å². The van der Waals surface area contributed by atoms with Crippen molar-refractivity contribution in [2.24, 2.45) is 0 Å². The van der Waals surface area contributed by atoms with Crippen LogP contribution in [0.5, 0.6) is 0 Å². The molecule has 0 aliphatic rings. The summed E-state index contributed by atoms with van der Waals surface area (Å²) >= 11 is 0. The van der Waals surface area contributed by atoms with E-state index in [2.05, 4.69) is 19.2 Å². The minimum absolute atomic E-state index is 0.221. The molecule has 0 saturated carbocycles. The highest BCUT2D eigenvalue weighted by molar-refractivity contribution is 5.75. The number of carbonyl (C=O) groups excluding carboxylic acids is 1. The smallest absolute Gasteiger partial charge is 0.219 e. The summed E-state index contributed by atoms with van der Waals surface area (Å²) in [5, 5.41) is 2.94. The molecule has 1 N–H and O–H groups in total. The number of hydrogen-bond acceptors (Lipinski definition) is 1. The SMILES string of the molecule is CCCCCCNC(=O)CCCC. The maximum absolute atomic E-state index is 11.1. The zero-order valence-electron chi connectivity index (χ0n) is 9.07. The fraction of sp³-hybridized carbons (Fsp3) is 0.909. The van der Waals surface area contributed by atoms with Crippen molar-refractivity contribution in [3.8, 4) is 0 Å². The van der Waals surface area contributed by atoms with Crippen LogP contribution in [0.1, 0.15) is 58.8 Å². The van der Waals surface area contributed by atoms with Crippen molar-refractivity contribution < 1.29 is 4.79 Å². The minimum Gasteiger partial charge on any atom is -0.356 e. The average molecular weight is 185 g/mol. The highest BCUT2D eigenvalue weighted by atomic mass is 16.1. The molecule has 0 spiro atoms. The van der Waals surface area contributed by atoms with Crippen LogP contribution in [-0.2, 0) is 4.79 Å². The first-order valence-electron chi connectivity index (χ1n) is 5.58. The lowest BCUT2D eigenvalue weighted by molar-refractivity contribution is -0.121. The lowest BCUT2D eigenvalue weighted by atomic mass is 10.2. The second-order valence-corrected chi connectivity index (χ2v) is 3.51. The highest BCUT2D eigenvalue weighted by Crippen LogP contribution is 1.98. The predicted octanol–water partition coefficient (Wildman–Crippen LogP) is 2.87. The third-order valence-electron chi connectivity index (χ3n) is 2.11. The molecule has 1 amide bonds. The lowest BCUT2D eigenvalue weighted by Crippen LogP contribution is -2.23. The van der Waals surface area contributed by atoms with E-state index in [0.29, 0.717) is 6.42 Å². The Labute approximate surface area is 82.1 Å². The first kappa shape index (κ1) is 12.5. The Balaban J connectivity index is 3.08. The van der Waals surface area contributed by atoms with Gasteiger partial charge in [0.2, 0.25) is 5.91 Å². The quantitative estimate of drug-likeness (QED) is 0.579. The first-order chi connectivity index (χ1) is 6.31. The Kier molecular flexibility index (Phi) is 9.17. The van der Waals surface area contributed by atoms with Crippen LogP contribution in [0.2, 0.25) is 0 Å². The summed E-state index contributed by atoms with van der Waals surface area (Å²) < 4.78 is 0. The molecule has 0 aromatic heterocycles. The second kappa shape index (κ2) is 9.56. The molecule has 0 fully saturated rings. The van der Waals surface area contributed by atoms with Crippen molar-refractivity contribution in [2.75, 3.05) is 6.54 Å². The number of unbranched alkanes of at least 4 members (excludes halogenated alkanes) is 4. The van der Waals surface area contributed by atoms with E-state index in [9.17, 15) is 4.79 Å². The molecule has 0 rings (SSSR count). The molecule has 13 heavy (non-hydrogen) atoms. The van der Waals surface area contributed by atoms with E-state index in [1.165, 1.54) is 19.3 Å². The van der Waals surface area contributed by atoms with Gasteiger partial charge in [0.25, 0.3) is 0 Å². The molecule has 0 heterocycles. The van der Waals surface area contributed by atoms with Gasteiger partial charge in [-0.05, 0) is 12.8 Å².